The van der Waals surface area contributed by atoms with Gasteiger partial charge < -0.3 is 14.8 Å². The number of sulfonamides is 1. The van der Waals surface area contributed by atoms with Crippen molar-refractivity contribution in [2.24, 2.45) is 0 Å². The molecule has 0 aliphatic carbocycles. The minimum Gasteiger partial charge on any atom is -0.492 e. The van der Waals surface area contributed by atoms with Crippen molar-refractivity contribution in [3.8, 4) is 5.75 Å². The molecule has 1 amide bonds. The van der Waals surface area contributed by atoms with Crippen LogP contribution in [-0.4, -0.2) is 58.1 Å². The number of nitrogens with one attached hydrogen (secondary N) is 1. The van der Waals surface area contributed by atoms with Gasteiger partial charge in [0, 0.05) is 18.7 Å². The van der Waals surface area contributed by atoms with Gasteiger partial charge >= 0.3 is 0 Å². The van der Waals surface area contributed by atoms with Gasteiger partial charge in [-0.05, 0) is 43.3 Å². The Kier molecular flexibility index (Phi) is 6.66. The van der Waals surface area contributed by atoms with Gasteiger partial charge in [0.05, 0.1) is 24.7 Å². The number of carbonyl (C=O) groups is 1. The Balaban J connectivity index is 1.48. The Labute approximate surface area is 165 Å². The molecule has 1 saturated heterocycles. The third-order valence-corrected chi connectivity index (χ3v) is 6.28. The summed E-state index contributed by atoms with van der Waals surface area (Å²) in [7, 11) is -3.51. The molecular formula is C20H24N2O5S. The molecule has 0 saturated carbocycles. The summed E-state index contributed by atoms with van der Waals surface area (Å²) >= 11 is 0. The second kappa shape index (κ2) is 9.18. The summed E-state index contributed by atoms with van der Waals surface area (Å²) in [6.45, 7) is 4.11. The number of amides is 1. The first-order chi connectivity index (χ1) is 13.5. The fourth-order valence-electron chi connectivity index (χ4n) is 2.87. The highest BCUT2D eigenvalue weighted by Crippen LogP contribution is 2.20. The fourth-order valence-corrected chi connectivity index (χ4v) is 4.27. The lowest BCUT2D eigenvalue weighted by molar-refractivity contribution is 0.0730. The summed E-state index contributed by atoms with van der Waals surface area (Å²) in [4.78, 5) is 12.3. The number of aryl methyl sites for hydroxylation is 1. The first-order valence-corrected chi connectivity index (χ1v) is 10.6. The van der Waals surface area contributed by atoms with Crippen LogP contribution in [0.2, 0.25) is 0 Å². The topological polar surface area (TPSA) is 84.9 Å². The molecule has 7 nitrogen and oxygen atoms in total. The third kappa shape index (κ3) is 5.09. The summed E-state index contributed by atoms with van der Waals surface area (Å²) in [6.07, 6.45) is 0. The number of hydrogen-bond donors (Lipinski definition) is 1. The number of nitrogens with zero attached hydrogens (tertiary/aromatic N) is 1. The van der Waals surface area contributed by atoms with Crippen molar-refractivity contribution in [2.75, 3.05) is 39.5 Å². The Morgan fingerprint density at radius 1 is 1.14 bits per heavy atom. The van der Waals surface area contributed by atoms with Gasteiger partial charge in [-0.15, -0.1) is 0 Å². The van der Waals surface area contributed by atoms with E-state index in [4.69, 9.17) is 9.47 Å². The zero-order valence-electron chi connectivity index (χ0n) is 15.8. The molecule has 0 atom stereocenters. The molecule has 1 N–H and O–H groups in total. The molecule has 0 unspecified atom stereocenters. The van der Waals surface area contributed by atoms with Crippen LogP contribution in [0.3, 0.4) is 0 Å². The first-order valence-electron chi connectivity index (χ1n) is 9.12. The van der Waals surface area contributed by atoms with Gasteiger partial charge in [-0.3, -0.25) is 4.79 Å². The fraction of sp³-hybridized carbons (Fsp3) is 0.350. The minimum absolute atomic E-state index is 0.153. The van der Waals surface area contributed by atoms with E-state index in [1.807, 2.05) is 25.1 Å². The highest BCUT2D eigenvalue weighted by atomic mass is 32.2. The summed E-state index contributed by atoms with van der Waals surface area (Å²) in [5.74, 6) is 0.394. The predicted molar refractivity (Wildman–Crippen MR) is 105 cm³/mol. The van der Waals surface area contributed by atoms with Gasteiger partial charge in [0.25, 0.3) is 5.91 Å². The molecule has 0 aromatic heterocycles. The number of rotatable bonds is 7. The van der Waals surface area contributed by atoms with Crippen LogP contribution in [0.25, 0.3) is 0 Å². The molecule has 0 bridgehead atoms. The van der Waals surface area contributed by atoms with Crippen molar-refractivity contribution in [3.05, 3.63) is 59.7 Å². The summed E-state index contributed by atoms with van der Waals surface area (Å²) in [5.41, 5.74) is 1.63. The van der Waals surface area contributed by atoms with Gasteiger partial charge in [-0.25, -0.2) is 8.42 Å². The molecular weight excluding hydrogens is 380 g/mol. The average Bonchev–Trinajstić information content (AvgIpc) is 2.72. The van der Waals surface area contributed by atoms with Crippen LogP contribution in [0.5, 0.6) is 5.75 Å². The first kappa shape index (κ1) is 20.3. The number of benzene rings is 2. The van der Waals surface area contributed by atoms with E-state index in [1.165, 1.54) is 16.4 Å². The Morgan fingerprint density at radius 2 is 1.86 bits per heavy atom. The van der Waals surface area contributed by atoms with Crippen LogP contribution in [-0.2, 0) is 14.8 Å². The van der Waals surface area contributed by atoms with Crippen molar-refractivity contribution >= 4 is 15.9 Å². The SMILES string of the molecule is Cc1cccc(C(=O)NCCOc2ccc(S(=O)(=O)N3CCOCC3)cc2)c1. The van der Waals surface area contributed by atoms with Crippen LogP contribution in [0, 0.1) is 6.92 Å². The third-order valence-electron chi connectivity index (χ3n) is 4.37. The van der Waals surface area contributed by atoms with Crippen LogP contribution in [0.4, 0.5) is 0 Å². The standard InChI is InChI=1S/C20H24N2O5S/c1-16-3-2-4-17(15-16)20(23)21-9-12-27-18-5-7-19(8-6-18)28(24,25)22-10-13-26-14-11-22/h2-8,15H,9-14H2,1H3,(H,21,23). The van der Waals surface area contributed by atoms with Crippen molar-refractivity contribution in [2.45, 2.75) is 11.8 Å². The van der Waals surface area contributed by atoms with Crippen LogP contribution < -0.4 is 10.1 Å². The van der Waals surface area contributed by atoms with E-state index in [1.54, 1.807) is 18.2 Å². The molecule has 0 radical (unpaired) electrons. The predicted octanol–water partition coefficient (Wildman–Crippen LogP) is 1.82. The maximum absolute atomic E-state index is 12.6. The van der Waals surface area contributed by atoms with Gasteiger partial charge in [0.1, 0.15) is 12.4 Å². The van der Waals surface area contributed by atoms with E-state index in [0.717, 1.165) is 5.56 Å². The van der Waals surface area contributed by atoms with Crippen molar-refractivity contribution in [1.29, 1.82) is 0 Å². The second-order valence-corrected chi connectivity index (χ2v) is 8.40. The average molecular weight is 404 g/mol. The van der Waals surface area contributed by atoms with E-state index in [9.17, 15) is 13.2 Å². The summed E-state index contributed by atoms with van der Waals surface area (Å²) in [5, 5.41) is 2.80. The molecule has 1 aliphatic rings. The number of hydrogen-bond acceptors (Lipinski definition) is 5. The van der Waals surface area contributed by atoms with E-state index in [-0.39, 0.29) is 17.4 Å². The van der Waals surface area contributed by atoms with Gasteiger partial charge in [0.15, 0.2) is 0 Å². The van der Waals surface area contributed by atoms with E-state index >= 15 is 0 Å². The van der Waals surface area contributed by atoms with E-state index in [2.05, 4.69) is 5.32 Å². The van der Waals surface area contributed by atoms with Crippen LogP contribution in [0.15, 0.2) is 53.4 Å². The largest absolute Gasteiger partial charge is 0.492 e. The molecule has 2 aromatic rings. The Bertz CT molecular complexity index is 906. The molecule has 1 aliphatic heterocycles. The molecule has 28 heavy (non-hydrogen) atoms. The molecule has 0 spiro atoms. The molecule has 8 heteroatoms. The van der Waals surface area contributed by atoms with Crippen molar-refractivity contribution in [1.82, 2.24) is 9.62 Å². The molecule has 1 heterocycles. The second-order valence-electron chi connectivity index (χ2n) is 6.46. The number of carbonyl (C=O) groups excluding carboxylic acids is 1. The summed E-state index contributed by atoms with van der Waals surface area (Å²) in [6, 6.07) is 13.7. The number of morpholine rings is 1. The maximum Gasteiger partial charge on any atom is 0.251 e. The zero-order chi connectivity index (χ0) is 20.0. The summed E-state index contributed by atoms with van der Waals surface area (Å²) < 4.78 is 37.4. The lowest BCUT2D eigenvalue weighted by atomic mass is 10.1. The van der Waals surface area contributed by atoms with Crippen molar-refractivity contribution < 1.29 is 22.7 Å². The van der Waals surface area contributed by atoms with Crippen molar-refractivity contribution in [3.63, 3.8) is 0 Å². The lowest BCUT2D eigenvalue weighted by Gasteiger charge is -2.26. The molecule has 2 aromatic carbocycles. The minimum atomic E-state index is -3.51. The van der Waals surface area contributed by atoms with E-state index < -0.39 is 10.0 Å². The Hall–Kier alpha value is -2.42. The lowest BCUT2D eigenvalue weighted by Crippen LogP contribution is -2.40. The Morgan fingerprint density at radius 3 is 2.54 bits per heavy atom. The normalized spacial score (nSPS) is 15.2. The highest BCUT2D eigenvalue weighted by Gasteiger charge is 2.26. The van der Waals surface area contributed by atoms with Gasteiger partial charge in [0.2, 0.25) is 10.0 Å². The maximum atomic E-state index is 12.6. The zero-order valence-corrected chi connectivity index (χ0v) is 16.6. The quantitative estimate of drug-likeness (QED) is 0.712. The molecule has 1 fully saturated rings. The van der Waals surface area contributed by atoms with Crippen LogP contribution in [0.1, 0.15) is 15.9 Å². The monoisotopic (exact) mass is 404 g/mol. The van der Waals surface area contributed by atoms with Gasteiger partial charge in [-0.1, -0.05) is 17.7 Å². The highest BCUT2D eigenvalue weighted by molar-refractivity contribution is 7.89. The van der Waals surface area contributed by atoms with Crippen LogP contribution >= 0.6 is 0 Å². The van der Waals surface area contributed by atoms with E-state index in [0.29, 0.717) is 44.2 Å². The molecule has 150 valence electrons. The number of ether oxygens (including phenoxy) is 2. The van der Waals surface area contributed by atoms with Gasteiger partial charge in [-0.2, -0.15) is 4.31 Å². The molecule has 3 rings (SSSR count). The smallest absolute Gasteiger partial charge is 0.251 e.